The average molecular weight is 419 g/mol. The van der Waals surface area contributed by atoms with Crippen molar-refractivity contribution in [3.63, 3.8) is 0 Å². The Morgan fingerprint density at radius 3 is 2.43 bits per heavy atom. The summed E-state index contributed by atoms with van der Waals surface area (Å²) in [4.78, 5) is 28.1. The second kappa shape index (κ2) is 8.56. The van der Waals surface area contributed by atoms with Crippen LogP contribution in [0.4, 0.5) is 18.9 Å². The predicted molar refractivity (Wildman–Crippen MR) is 105 cm³/mol. The van der Waals surface area contributed by atoms with Crippen LogP contribution in [0.5, 0.6) is 0 Å². The van der Waals surface area contributed by atoms with E-state index in [0.717, 1.165) is 16.6 Å². The Bertz CT molecular complexity index is 1060. The first-order chi connectivity index (χ1) is 14.2. The number of amides is 1. The van der Waals surface area contributed by atoms with Crippen molar-refractivity contribution < 1.29 is 27.5 Å². The van der Waals surface area contributed by atoms with Crippen molar-refractivity contribution >= 4 is 28.6 Å². The molecule has 0 radical (unpaired) electrons. The summed E-state index contributed by atoms with van der Waals surface area (Å²) in [7, 11) is 0. The molecule has 158 valence electrons. The van der Waals surface area contributed by atoms with Crippen LogP contribution in [0.2, 0.25) is 0 Å². The zero-order valence-electron chi connectivity index (χ0n) is 16.4. The number of hydrogen-bond donors (Lipinski definition) is 1. The van der Waals surface area contributed by atoms with E-state index in [1.807, 2.05) is 19.1 Å². The van der Waals surface area contributed by atoms with Crippen LogP contribution in [0.3, 0.4) is 0 Å². The minimum absolute atomic E-state index is 0.110. The monoisotopic (exact) mass is 419 g/mol. The van der Waals surface area contributed by atoms with E-state index in [1.54, 1.807) is 24.3 Å². The fraction of sp³-hybridized carbons (Fsp3) is 0.286. The lowest BCUT2D eigenvalue weighted by Gasteiger charge is -2.15. The molecule has 30 heavy (non-hydrogen) atoms. The maximum Gasteiger partial charge on any atom is 0.449 e. The van der Waals surface area contributed by atoms with E-state index in [2.05, 4.69) is 10.3 Å². The molecule has 0 aliphatic rings. The van der Waals surface area contributed by atoms with E-state index >= 15 is 0 Å². The van der Waals surface area contributed by atoms with Gasteiger partial charge in [-0.1, -0.05) is 31.2 Å². The number of carbonyl (C=O) groups is 2. The number of benzene rings is 2. The zero-order valence-corrected chi connectivity index (χ0v) is 16.4. The van der Waals surface area contributed by atoms with Crippen LogP contribution in [0, 0.1) is 0 Å². The molecule has 0 saturated carbocycles. The number of fused-ring (bicyclic) bond motifs is 1. The fourth-order valence-electron chi connectivity index (χ4n) is 2.94. The standard InChI is InChI=1S/C21H20F3N3O3/c1-3-14-8-10-15(11-9-14)25-19(29)13(2)30-18(28)12-27-17-7-5-4-6-16(17)26-20(27)21(22,23)24/h4-11,13H,3,12H2,1-2H3,(H,25,29). The van der Waals surface area contributed by atoms with Gasteiger partial charge in [0.15, 0.2) is 6.10 Å². The topological polar surface area (TPSA) is 73.2 Å². The molecule has 6 nitrogen and oxygen atoms in total. The van der Waals surface area contributed by atoms with Gasteiger partial charge in [0, 0.05) is 5.69 Å². The second-order valence-corrected chi connectivity index (χ2v) is 6.68. The van der Waals surface area contributed by atoms with E-state index in [0.29, 0.717) is 5.69 Å². The molecule has 3 aromatic rings. The maximum atomic E-state index is 13.3. The van der Waals surface area contributed by atoms with Crippen LogP contribution >= 0.6 is 0 Å². The summed E-state index contributed by atoms with van der Waals surface area (Å²) in [5, 5.41) is 2.61. The van der Waals surface area contributed by atoms with Gasteiger partial charge < -0.3 is 14.6 Å². The van der Waals surface area contributed by atoms with Crippen LogP contribution in [0.15, 0.2) is 48.5 Å². The van der Waals surface area contributed by atoms with Crippen LogP contribution in [-0.4, -0.2) is 27.5 Å². The van der Waals surface area contributed by atoms with E-state index in [1.165, 1.54) is 19.1 Å². The Hall–Kier alpha value is -3.36. The van der Waals surface area contributed by atoms with Gasteiger partial charge in [-0.15, -0.1) is 0 Å². The SMILES string of the molecule is CCc1ccc(NC(=O)C(C)OC(=O)Cn2c(C(F)(F)F)nc3ccccc32)cc1. The number of carbonyl (C=O) groups excluding carboxylic acids is 2. The molecule has 1 unspecified atom stereocenters. The molecule has 2 aromatic carbocycles. The van der Waals surface area contributed by atoms with Gasteiger partial charge in [0.1, 0.15) is 6.54 Å². The molecule has 1 heterocycles. The number of nitrogens with zero attached hydrogens (tertiary/aromatic N) is 2. The number of hydrogen-bond acceptors (Lipinski definition) is 4. The number of alkyl halides is 3. The van der Waals surface area contributed by atoms with Crippen LogP contribution in [-0.2, 0) is 33.5 Å². The number of nitrogens with one attached hydrogen (secondary N) is 1. The first-order valence-electron chi connectivity index (χ1n) is 9.30. The number of anilines is 1. The van der Waals surface area contributed by atoms with Crippen molar-refractivity contribution in [2.45, 2.75) is 39.1 Å². The van der Waals surface area contributed by atoms with E-state index < -0.39 is 36.5 Å². The molecule has 1 N–H and O–H groups in total. The van der Waals surface area contributed by atoms with E-state index in [4.69, 9.17) is 4.74 Å². The quantitative estimate of drug-likeness (QED) is 0.608. The molecule has 0 aliphatic carbocycles. The van der Waals surface area contributed by atoms with Gasteiger partial charge in [-0.05, 0) is 43.2 Å². The van der Waals surface area contributed by atoms with Gasteiger partial charge in [-0.25, -0.2) is 4.98 Å². The number of aryl methyl sites for hydroxylation is 1. The highest BCUT2D eigenvalue weighted by atomic mass is 19.4. The van der Waals surface area contributed by atoms with Gasteiger partial charge in [-0.3, -0.25) is 9.59 Å². The Labute approximate surface area is 170 Å². The lowest BCUT2D eigenvalue weighted by Crippen LogP contribution is -2.31. The number of rotatable bonds is 6. The summed E-state index contributed by atoms with van der Waals surface area (Å²) in [5.74, 6) is -2.76. The fourth-order valence-corrected chi connectivity index (χ4v) is 2.94. The molecule has 1 amide bonds. The highest BCUT2D eigenvalue weighted by molar-refractivity contribution is 5.95. The summed E-state index contributed by atoms with van der Waals surface area (Å²) in [6.07, 6.45) is -5.08. The average Bonchev–Trinajstić information content (AvgIpc) is 3.07. The molecular formula is C21H20F3N3O3. The Morgan fingerprint density at radius 1 is 1.13 bits per heavy atom. The normalized spacial score (nSPS) is 12.6. The highest BCUT2D eigenvalue weighted by Gasteiger charge is 2.38. The van der Waals surface area contributed by atoms with Crippen LogP contribution in [0.25, 0.3) is 11.0 Å². The number of ether oxygens (including phenoxy) is 1. The zero-order chi connectivity index (χ0) is 21.9. The summed E-state index contributed by atoms with van der Waals surface area (Å²) < 4.78 is 45.8. The molecule has 0 spiro atoms. The summed E-state index contributed by atoms with van der Waals surface area (Å²) >= 11 is 0. The van der Waals surface area contributed by atoms with Crippen molar-refractivity contribution in [1.82, 2.24) is 9.55 Å². The smallest absolute Gasteiger partial charge is 0.449 e. The Kier molecular flexibility index (Phi) is 6.09. The number of aromatic nitrogens is 2. The van der Waals surface area contributed by atoms with Crippen molar-refractivity contribution in [2.24, 2.45) is 0 Å². The summed E-state index contributed by atoms with van der Waals surface area (Å²) in [5.41, 5.74) is 1.88. The molecule has 0 aliphatic heterocycles. The van der Waals surface area contributed by atoms with Gasteiger partial charge in [-0.2, -0.15) is 13.2 Å². The first-order valence-corrected chi connectivity index (χ1v) is 9.30. The van der Waals surface area contributed by atoms with Gasteiger partial charge in [0.2, 0.25) is 5.82 Å². The molecular weight excluding hydrogens is 399 g/mol. The van der Waals surface area contributed by atoms with E-state index in [-0.39, 0.29) is 11.0 Å². The Balaban J connectivity index is 1.69. The lowest BCUT2D eigenvalue weighted by atomic mass is 10.1. The third kappa shape index (κ3) is 4.79. The van der Waals surface area contributed by atoms with Gasteiger partial charge in [0.25, 0.3) is 5.91 Å². The van der Waals surface area contributed by atoms with Crippen molar-refractivity contribution in [3.8, 4) is 0 Å². The minimum atomic E-state index is -4.74. The largest absolute Gasteiger partial charge is 0.451 e. The molecule has 0 bridgehead atoms. The number of para-hydroxylation sites is 2. The van der Waals surface area contributed by atoms with Crippen molar-refractivity contribution in [1.29, 1.82) is 0 Å². The predicted octanol–water partition coefficient (Wildman–Crippen LogP) is 4.19. The summed E-state index contributed by atoms with van der Waals surface area (Å²) in [6.45, 7) is 2.63. The van der Waals surface area contributed by atoms with E-state index in [9.17, 15) is 22.8 Å². The third-order valence-electron chi connectivity index (χ3n) is 4.50. The number of imidazole rings is 1. The van der Waals surface area contributed by atoms with Crippen LogP contribution in [0.1, 0.15) is 25.2 Å². The molecule has 9 heteroatoms. The highest BCUT2D eigenvalue weighted by Crippen LogP contribution is 2.31. The lowest BCUT2D eigenvalue weighted by molar-refractivity contribution is -0.156. The Morgan fingerprint density at radius 2 is 1.80 bits per heavy atom. The minimum Gasteiger partial charge on any atom is -0.451 e. The van der Waals surface area contributed by atoms with Gasteiger partial charge >= 0.3 is 12.1 Å². The van der Waals surface area contributed by atoms with Crippen LogP contribution < -0.4 is 5.32 Å². The molecule has 0 saturated heterocycles. The van der Waals surface area contributed by atoms with Gasteiger partial charge in [0.05, 0.1) is 11.0 Å². The molecule has 1 atom stereocenters. The summed E-state index contributed by atoms with van der Waals surface area (Å²) in [6, 6.07) is 13.1. The first kappa shape index (κ1) is 21.4. The molecule has 3 rings (SSSR count). The number of esters is 1. The second-order valence-electron chi connectivity index (χ2n) is 6.68. The number of halogens is 3. The van der Waals surface area contributed by atoms with Crippen molar-refractivity contribution in [2.75, 3.05) is 5.32 Å². The third-order valence-corrected chi connectivity index (χ3v) is 4.50. The molecule has 1 aromatic heterocycles. The maximum absolute atomic E-state index is 13.3. The molecule has 0 fully saturated rings. The van der Waals surface area contributed by atoms with Crippen molar-refractivity contribution in [3.05, 3.63) is 59.9 Å².